The van der Waals surface area contributed by atoms with Gasteiger partial charge in [-0.25, -0.2) is 14.4 Å². The van der Waals surface area contributed by atoms with Gasteiger partial charge in [0.25, 0.3) is 0 Å². The summed E-state index contributed by atoms with van der Waals surface area (Å²) in [7, 11) is 0. The molecule has 1 amide bonds. The van der Waals surface area contributed by atoms with E-state index in [9.17, 15) is 14.0 Å². The van der Waals surface area contributed by atoms with E-state index in [-0.39, 0.29) is 36.6 Å². The van der Waals surface area contributed by atoms with Gasteiger partial charge in [-0.05, 0) is 12.8 Å². The first-order valence-corrected chi connectivity index (χ1v) is 8.62. The number of amides is 1. The molecular weight excluding hydrogens is 337 g/mol. The summed E-state index contributed by atoms with van der Waals surface area (Å²) in [6.45, 7) is 1.06. The van der Waals surface area contributed by atoms with Crippen LogP contribution < -0.4 is 4.74 Å². The molecule has 1 aromatic heterocycles. The third-order valence-corrected chi connectivity index (χ3v) is 4.26. The summed E-state index contributed by atoms with van der Waals surface area (Å²) in [5.74, 6) is -0.632. The molecule has 1 aliphatic rings. The molecule has 2 aromatic rings. The van der Waals surface area contributed by atoms with Gasteiger partial charge in [0.2, 0.25) is 5.91 Å². The van der Waals surface area contributed by atoms with Crippen molar-refractivity contribution in [3.63, 3.8) is 0 Å². The number of carbonyl (C=O) groups is 2. The SMILES string of the molecule is O=C(CCC(=O)N1CCCC(Oc2ncc(F)cn2)C1)c1ccccc1. The minimum Gasteiger partial charge on any atom is -0.458 e. The molecule has 26 heavy (non-hydrogen) atoms. The predicted octanol–water partition coefficient (Wildman–Crippen LogP) is 2.65. The summed E-state index contributed by atoms with van der Waals surface area (Å²) < 4.78 is 18.5. The minimum absolute atomic E-state index is 0.0385. The van der Waals surface area contributed by atoms with Crippen LogP contribution in [0.1, 0.15) is 36.0 Å². The van der Waals surface area contributed by atoms with Crippen LogP contribution in [-0.4, -0.2) is 45.8 Å². The van der Waals surface area contributed by atoms with Gasteiger partial charge >= 0.3 is 6.01 Å². The monoisotopic (exact) mass is 357 g/mol. The fourth-order valence-electron chi connectivity index (χ4n) is 2.92. The smallest absolute Gasteiger partial charge is 0.316 e. The summed E-state index contributed by atoms with van der Waals surface area (Å²) in [6.07, 6.45) is 3.78. The number of benzene rings is 1. The third-order valence-electron chi connectivity index (χ3n) is 4.26. The molecule has 1 fully saturated rings. The van der Waals surface area contributed by atoms with Crippen LogP contribution in [0, 0.1) is 5.82 Å². The van der Waals surface area contributed by atoms with Crippen LogP contribution in [0.25, 0.3) is 0 Å². The molecule has 0 spiro atoms. The van der Waals surface area contributed by atoms with E-state index in [1.165, 1.54) is 0 Å². The first-order valence-electron chi connectivity index (χ1n) is 8.62. The van der Waals surface area contributed by atoms with E-state index >= 15 is 0 Å². The maximum Gasteiger partial charge on any atom is 0.316 e. The fraction of sp³-hybridized carbons (Fsp3) is 0.368. The zero-order valence-electron chi connectivity index (χ0n) is 14.3. The average Bonchev–Trinajstić information content (AvgIpc) is 2.68. The lowest BCUT2D eigenvalue weighted by Gasteiger charge is -2.32. The van der Waals surface area contributed by atoms with Crippen LogP contribution in [0.2, 0.25) is 0 Å². The Labute approximate surface area is 151 Å². The topological polar surface area (TPSA) is 72.4 Å². The van der Waals surface area contributed by atoms with E-state index in [2.05, 4.69) is 9.97 Å². The Balaban J connectivity index is 1.49. The van der Waals surface area contributed by atoms with Gasteiger partial charge in [-0.15, -0.1) is 0 Å². The van der Waals surface area contributed by atoms with E-state index < -0.39 is 5.82 Å². The molecule has 2 heterocycles. The van der Waals surface area contributed by atoms with Crippen molar-refractivity contribution in [2.24, 2.45) is 0 Å². The van der Waals surface area contributed by atoms with Gasteiger partial charge in [0.15, 0.2) is 11.6 Å². The fourth-order valence-corrected chi connectivity index (χ4v) is 2.92. The number of ketones is 1. The number of carbonyl (C=O) groups excluding carboxylic acids is 2. The molecule has 1 aliphatic heterocycles. The minimum atomic E-state index is -0.527. The number of Topliss-reactive ketones (excluding diaryl/α,β-unsaturated/α-hetero) is 1. The third kappa shape index (κ3) is 4.84. The van der Waals surface area contributed by atoms with Crippen molar-refractivity contribution in [1.29, 1.82) is 0 Å². The Morgan fingerprint density at radius 3 is 2.62 bits per heavy atom. The van der Waals surface area contributed by atoms with Gasteiger partial charge in [0.1, 0.15) is 6.10 Å². The highest BCUT2D eigenvalue weighted by molar-refractivity contribution is 5.97. The van der Waals surface area contributed by atoms with Gasteiger partial charge in [-0.1, -0.05) is 30.3 Å². The number of ether oxygens (including phenoxy) is 1. The Kier molecular flexibility index (Phi) is 5.88. The van der Waals surface area contributed by atoms with Gasteiger partial charge in [0, 0.05) is 24.9 Å². The summed E-state index contributed by atoms with van der Waals surface area (Å²) in [6, 6.07) is 9.06. The molecule has 3 rings (SSSR count). The van der Waals surface area contributed by atoms with Crippen molar-refractivity contribution in [3.8, 4) is 6.01 Å². The largest absolute Gasteiger partial charge is 0.458 e. The van der Waals surface area contributed by atoms with Crippen molar-refractivity contribution in [3.05, 3.63) is 54.1 Å². The molecule has 6 nitrogen and oxygen atoms in total. The molecule has 0 N–H and O–H groups in total. The number of rotatable bonds is 6. The Morgan fingerprint density at radius 2 is 1.88 bits per heavy atom. The lowest BCUT2D eigenvalue weighted by atomic mass is 10.0. The molecule has 1 saturated heterocycles. The molecule has 1 aromatic carbocycles. The molecule has 7 heteroatoms. The maximum atomic E-state index is 12.8. The van der Waals surface area contributed by atoms with Crippen LogP contribution in [0.5, 0.6) is 6.01 Å². The number of nitrogens with zero attached hydrogens (tertiary/aromatic N) is 3. The second kappa shape index (κ2) is 8.51. The van der Waals surface area contributed by atoms with Crippen LogP contribution in [-0.2, 0) is 4.79 Å². The van der Waals surface area contributed by atoms with E-state index in [1.807, 2.05) is 6.07 Å². The van der Waals surface area contributed by atoms with Gasteiger partial charge in [-0.3, -0.25) is 9.59 Å². The lowest BCUT2D eigenvalue weighted by Crippen LogP contribution is -2.44. The van der Waals surface area contributed by atoms with Crippen molar-refractivity contribution >= 4 is 11.7 Å². The Morgan fingerprint density at radius 1 is 1.15 bits per heavy atom. The summed E-state index contributed by atoms with van der Waals surface area (Å²) in [5, 5.41) is 0. The molecule has 0 bridgehead atoms. The van der Waals surface area contributed by atoms with Crippen LogP contribution in [0.15, 0.2) is 42.7 Å². The van der Waals surface area contributed by atoms with Gasteiger partial charge in [0.05, 0.1) is 18.9 Å². The maximum absolute atomic E-state index is 12.8. The van der Waals surface area contributed by atoms with Crippen molar-refractivity contribution < 1.29 is 18.7 Å². The van der Waals surface area contributed by atoms with Crippen molar-refractivity contribution in [2.45, 2.75) is 31.8 Å². The summed E-state index contributed by atoms with van der Waals surface area (Å²) in [5.41, 5.74) is 0.619. The zero-order chi connectivity index (χ0) is 18.4. The molecule has 0 aliphatic carbocycles. The predicted molar refractivity (Wildman–Crippen MR) is 92.2 cm³/mol. The molecule has 0 saturated carbocycles. The number of hydrogen-bond donors (Lipinski definition) is 0. The average molecular weight is 357 g/mol. The van der Waals surface area contributed by atoms with Crippen LogP contribution in [0.4, 0.5) is 4.39 Å². The number of halogens is 1. The number of hydrogen-bond acceptors (Lipinski definition) is 5. The molecule has 136 valence electrons. The highest BCUT2D eigenvalue weighted by atomic mass is 19.1. The summed E-state index contributed by atoms with van der Waals surface area (Å²) in [4.78, 5) is 33.8. The quantitative estimate of drug-likeness (QED) is 0.743. The van der Waals surface area contributed by atoms with Gasteiger partial charge < -0.3 is 9.64 Å². The standard InChI is InChI=1S/C19H20FN3O3/c20-15-11-21-19(22-12-15)26-16-7-4-10-23(13-16)18(25)9-8-17(24)14-5-2-1-3-6-14/h1-3,5-6,11-12,16H,4,7-10,13H2. The van der Waals surface area contributed by atoms with E-state index in [1.54, 1.807) is 29.2 Å². The Hall–Kier alpha value is -2.83. The summed E-state index contributed by atoms with van der Waals surface area (Å²) >= 11 is 0. The number of aromatic nitrogens is 2. The first-order chi connectivity index (χ1) is 12.6. The molecule has 0 radical (unpaired) electrons. The highest BCUT2D eigenvalue weighted by Gasteiger charge is 2.25. The second-order valence-electron chi connectivity index (χ2n) is 6.19. The first kappa shape index (κ1) is 18.0. The van der Waals surface area contributed by atoms with Crippen LogP contribution in [0.3, 0.4) is 0 Å². The normalized spacial score (nSPS) is 17.0. The van der Waals surface area contributed by atoms with Crippen LogP contribution >= 0.6 is 0 Å². The van der Waals surface area contributed by atoms with Gasteiger partial charge in [-0.2, -0.15) is 0 Å². The van der Waals surface area contributed by atoms with E-state index in [4.69, 9.17) is 4.74 Å². The highest BCUT2D eigenvalue weighted by Crippen LogP contribution is 2.17. The van der Waals surface area contributed by atoms with E-state index in [0.29, 0.717) is 18.7 Å². The zero-order valence-corrected chi connectivity index (χ0v) is 14.3. The number of piperidine rings is 1. The Bertz CT molecular complexity index is 752. The number of likely N-dealkylation sites (tertiary alicyclic amines) is 1. The van der Waals surface area contributed by atoms with Crippen molar-refractivity contribution in [1.82, 2.24) is 14.9 Å². The van der Waals surface area contributed by atoms with Crippen molar-refractivity contribution in [2.75, 3.05) is 13.1 Å². The lowest BCUT2D eigenvalue weighted by molar-refractivity contribution is -0.133. The molecule has 1 atom stereocenters. The van der Waals surface area contributed by atoms with E-state index in [0.717, 1.165) is 25.2 Å². The second-order valence-corrected chi connectivity index (χ2v) is 6.19. The molecular formula is C19H20FN3O3. The molecule has 1 unspecified atom stereocenters.